The van der Waals surface area contributed by atoms with Crippen LogP contribution in [0.2, 0.25) is 0 Å². The predicted molar refractivity (Wildman–Crippen MR) is 45.5 cm³/mol. The molecule has 1 aromatic rings. The van der Waals surface area contributed by atoms with Gasteiger partial charge in [0.15, 0.2) is 5.69 Å². The van der Waals surface area contributed by atoms with E-state index in [1.807, 2.05) is 0 Å². The summed E-state index contributed by atoms with van der Waals surface area (Å²) >= 11 is 0. The minimum absolute atomic E-state index is 0.179. The monoisotopic (exact) mass is 199 g/mol. The lowest BCUT2D eigenvalue weighted by Gasteiger charge is -1.95. The van der Waals surface area contributed by atoms with Crippen molar-refractivity contribution < 1.29 is 14.8 Å². The number of aromatic nitrogens is 1. The normalized spacial score (nSPS) is 9.79. The molecule has 14 heavy (non-hydrogen) atoms. The molecule has 0 saturated heterocycles. The van der Waals surface area contributed by atoms with Crippen LogP contribution in [-0.2, 0) is 0 Å². The van der Waals surface area contributed by atoms with Crippen LogP contribution in [0.4, 0.5) is 17.2 Å². The van der Waals surface area contributed by atoms with E-state index in [0.29, 0.717) is 0 Å². The van der Waals surface area contributed by atoms with E-state index in [1.54, 1.807) is 0 Å². The summed E-state index contributed by atoms with van der Waals surface area (Å²) in [6.45, 7) is 1.41. The molecule has 0 aromatic carbocycles. The fraction of sp³-hybridized carbons (Fsp3) is 0.167. The van der Waals surface area contributed by atoms with Gasteiger partial charge < -0.3 is 0 Å². The Bertz CT molecular complexity index is 381. The lowest BCUT2D eigenvalue weighted by Crippen LogP contribution is -2.17. The summed E-state index contributed by atoms with van der Waals surface area (Å²) in [7, 11) is 0. The number of nitrogens with two attached hydrogens (primary N) is 1. The summed E-state index contributed by atoms with van der Waals surface area (Å²) in [5, 5.41) is 20.8. The molecular formula is C6H7N4O4+. The summed E-state index contributed by atoms with van der Waals surface area (Å²) in [4.78, 5) is 21.7. The third-order valence-corrected chi connectivity index (χ3v) is 1.65. The maximum atomic E-state index is 10.4. The summed E-state index contributed by atoms with van der Waals surface area (Å²) in [6, 6.07) is 0.834. The minimum Gasteiger partial charge on any atom is -0.281 e. The number of nitrogen functional groups attached to an aromatic ring is 1. The SMILES string of the molecule is Cc1[nH+]c(N)c([N+](=O)[O-])cc1[N+](=O)[O-]. The van der Waals surface area contributed by atoms with Gasteiger partial charge in [0, 0.05) is 6.92 Å². The number of nitrogens with one attached hydrogen (secondary N) is 1. The zero-order chi connectivity index (χ0) is 10.9. The highest BCUT2D eigenvalue weighted by Crippen LogP contribution is 2.23. The molecule has 8 nitrogen and oxygen atoms in total. The van der Waals surface area contributed by atoms with Gasteiger partial charge in [0.2, 0.25) is 0 Å². The van der Waals surface area contributed by atoms with Crippen LogP contribution in [0.5, 0.6) is 0 Å². The summed E-state index contributed by atoms with van der Waals surface area (Å²) < 4.78 is 0. The number of rotatable bonds is 2. The van der Waals surface area contributed by atoms with Gasteiger partial charge in [0.1, 0.15) is 6.07 Å². The van der Waals surface area contributed by atoms with E-state index in [0.717, 1.165) is 6.07 Å². The zero-order valence-corrected chi connectivity index (χ0v) is 7.18. The van der Waals surface area contributed by atoms with Crippen LogP contribution in [-0.4, -0.2) is 9.85 Å². The molecule has 0 saturated carbocycles. The molecule has 74 valence electrons. The molecule has 3 N–H and O–H groups in total. The number of pyridine rings is 1. The Morgan fingerprint density at radius 3 is 2.21 bits per heavy atom. The highest BCUT2D eigenvalue weighted by molar-refractivity contribution is 5.54. The molecule has 0 aliphatic heterocycles. The number of aromatic amines is 1. The van der Waals surface area contributed by atoms with Gasteiger partial charge in [-0.15, -0.1) is 0 Å². The first kappa shape index (κ1) is 9.84. The van der Waals surface area contributed by atoms with Crippen molar-refractivity contribution in [1.29, 1.82) is 0 Å². The van der Waals surface area contributed by atoms with Gasteiger partial charge in [0.05, 0.1) is 9.85 Å². The van der Waals surface area contributed by atoms with Crippen molar-refractivity contribution in [2.75, 3.05) is 5.73 Å². The van der Waals surface area contributed by atoms with Gasteiger partial charge in [-0.2, -0.15) is 0 Å². The number of hydrogen-bond acceptors (Lipinski definition) is 5. The molecule has 0 aliphatic carbocycles. The molecule has 8 heteroatoms. The zero-order valence-electron chi connectivity index (χ0n) is 7.18. The van der Waals surface area contributed by atoms with E-state index in [-0.39, 0.29) is 17.2 Å². The summed E-state index contributed by atoms with van der Waals surface area (Å²) in [6.07, 6.45) is 0. The summed E-state index contributed by atoms with van der Waals surface area (Å²) in [5.41, 5.74) is 4.60. The average molecular weight is 199 g/mol. The molecule has 1 heterocycles. The van der Waals surface area contributed by atoms with Crippen LogP contribution in [0.1, 0.15) is 5.69 Å². The van der Waals surface area contributed by atoms with Crippen LogP contribution in [0.15, 0.2) is 6.07 Å². The molecular weight excluding hydrogens is 192 g/mol. The van der Waals surface area contributed by atoms with Crippen LogP contribution in [0.25, 0.3) is 0 Å². The second-order valence-corrected chi connectivity index (χ2v) is 2.59. The van der Waals surface area contributed by atoms with E-state index < -0.39 is 15.5 Å². The van der Waals surface area contributed by atoms with E-state index in [4.69, 9.17) is 5.73 Å². The fourth-order valence-electron chi connectivity index (χ4n) is 0.986. The molecule has 0 unspecified atom stereocenters. The van der Waals surface area contributed by atoms with Crippen molar-refractivity contribution in [3.63, 3.8) is 0 Å². The van der Waals surface area contributed by atoms with Gasteiger partial charge in [-0.25, -0.2) is 4.98 Å². The third kappa shape index (κ3) is 1.58. The van der Waals surface area contributed by atoms with Crippen molar-refractivity contribution >= 4 is 17.2 Å². The highest BCUT2D eigenvalue weighted by atomic mass is 16.6. The smallest absolute Gasteiger partial charge is 0.281 e. The molecule has 1 aromatic heterocycles. The Kier molecular flexibility index (Phi) is 2.28. The molecule has 0 bridgehead atoms. The van der Waals surface area contributed by atoms with Crippen LogP contribution >= 0.6 is 0 Å². The number of anilines is 1. The molecule has 0 spiro atoms. The Labute approximate surface area is 77.7 Å². The Hall–Kier alpha value is -2.25. The van der Waals surface area contributed by atoms with Crippen molar-refractivity contribution in [1.82, 2.24) is 0 Å². The van der Waals surface area contributed by atoms with E-state index >= 15 is 0 Å². The van der Waals surface area contributed by atoms with Crippen molar-refractivity contribution in [2.45, 2.75) is 6.92 Å². The average Bonchev–Trinajstić information content (AvgIpc) is 2.02. The van der Waals surface area contributed by atoms with Crippen molar-refractivity contribution in [2.24, 2.45) is 0 Å². The topological polar surface area (TPSA) is 126 Å². The highest BCUT2D eigenvalue weighted by Gasteiger charge is 2.26. The molecule has 1 rings (SSSR count). The number of hydrogen-bond donors (Lipinski definition) is 1. The fourth-order valence-corrected chi connectivity index (χ4v) is 0.986. The molecule has 0 fully saturated rings. The second-order valence-electron chi connectivity index (χ2n) is 2.59. The van der Waals surface area contributed by atoms with E-state index in [9.17, 15) is 20.2 Å². The van der Waals surface area contributed by atoms with Crippen molar-refractivity contribution in [3.8, 4) is 0 Å². The Balaban J connectivity index is 3.42. The lowest BCUT2D eigenvalue weighted by atomic mass is 10.3. The quantitative estimate of drug-likeness (QED) is 0.537. The maximum Gasteiger partial charge on any atom is 0.363 e. The third-order valence-electron chi connectivity index (χ3n) is 1.65. The Morgan fingerprint density at radius 2 is 1.79 bits per heavy atom. The molecule has 0 radical (unpaired) electrons. The van der Waals surface area contributed by atoms with Crippen LogP contribution in [0.3, 0.4) is 0 Å². The number of H-pyrrole nitrogens is 1. The first-order valence-electron chi connectivity index (χ1n) is 3.54. The number of nitro groups is 2. The van der Waals surface area contributed by atoms with Gasteiger partial charge in [-0.1, -0.05) is 0 Å². The summed E-state index contributed by atoms with van der Waals surface area (Å²) in [5.74, 6) is -0.196. The van der Waals surface area contributed by atoms with Crippen LogP contribution in [0, 0.1) is 27.2 Å². The maximum absolute atomic E-state index is 10.4. The largest absolute Gasteiger partial charge is 0.363 e. The predicted octanol–water partition coefficient (Wildman–Crippen LogP) is 0.208. The first-order valence-corrected chi connectivity index (χ1v) is 3.54. The van der Waals surface area contributed by atoms with Crippen molar-refractivity contribution in [3.05, 3.63) is 32.0 Å². The number of nitrogens with zero attached hydrogens (tertiary/aromatic N) is 2. The van der Waals surface area contributed by atoms with Gasteiger partial charge in [-0.3, -0.25) is 26.0 Å². The number of aryl methyl sites for hydroxylation is 1. The van der Waals surface area contributed by atoms with E-state index in [1.165, 1.54) is 6.92 Å². The van der Waals surface area contributed by atoms with Gasteiger partial charge in [0.25, 0.3) is 0 Å². The second kappa shape index (κ2) is 3.24. The van der Waals surface area contributed by atoms with Gasteiger partial charge >= 0.3 is 17.2 Å². The van der Waals surface area contributed by atoms with Gasteiger partial charge in [-0.05, 0) is 0 Å². The Morgan fingerprint density at radius 1 is 1.29 bits per heavy atom. The molecule has 0 amide bonds. The molecule has 0 atom stereocenters. The van der Waals surface area contributed by atoms with E-state index in [2.05, 4.69) is 4.98 Å². The van der Waals surface area contributed by atoms with Crippen LogP contribution < -0.4 is 10.7 Å². The first-order chi connectivity index (χ1) is 6.43. The lowest BCUT2D eigenvalue weighted by molar-refractivity contribution is -0.435. The minimum atomic E-state index is -0.779. The standard InChI is InChI=1S/C6H6N4O4/c1-3-4(9(11)12)2-5(10(13)14)6(7)8-3/h2H,1H3,(H2,7,8)/p+1. The molecule has 0 aliphatic rings.